The Morgan fingerprint density at radius 1 is 1.12 bits per heavy atom. The Morgan fingerprint density at radius 2 is 1.88 bits per heavy atom. The van der Waals surface area contributed by atoms with Crippen molar-refractivity contribution in [3.05, 3.63) is 59.4 Å². The van der Waals surface area contributed by atoms with Crippen LogP contribution in [-0.4, -0.2) is 45.9 Å². The minimum absolute atomic E-state index is 0.0424. The Bertz CT molecular complexity index is 1120. The summed E-state index contributed by atoms with van der Waals surface area (Å²) in [5.41, 5.74) is 2.57. The van der Waals surface area contributed by atoms with Crippen LogP contribution in [0.5, 0.6) is 0 Å². The number of anilines is 1. The van der Waals surface area contributed by atoms with E-state index in [0.717, 1.165) is 48.5 Å². The fourth-order valence-electron chi connectivity index (χ4n) is 4.48. The van der Waals surface area contributed by atoms with Gasteiger partial charge in [-0.15, -0.1) is 0 Å². The van der Waals surface area contributed by atoms with Gasteiger partial charge in [0.15, 0.2) is 0 Å². The van der Waals surface area contributed by atoms with Gasteiger partial charge in [-0.3, -0.25) is 9.59 Å². The lowest BCUT2D eigenvalue weighted by molar-refractivity contribution is -0.131. The molecule has 2 amide bonds. The first-order valence-corrected chi connectivity index (χ1v) is 11.7. The van der Waals surface area contributed by atoms with Crippen LogP contribution in [0, 0.1) is 0 Å². The summed E-state index contributed by atoms with van der Waals surface area (Å²) in [6, 6.07) is 15.2. The quantitative estimate of drug-likeness (QED) is 0.490. The van der Waals surface area contributed by atoms with Crippen LogP contribution < -0.4 is 4.90 Å². The molecule has 1 aromatic heterocycles. The lowest BCUT2D eigenvalue weighted by Crippen LogP contribution is -2.35. The number of fused-ring (bicyclic) bond motifs is 1. The molecule has 4 rings (SSSR count). The third-order valence-electron chi connectivity index (χ3n) is 5.93. The monoisotopic (exact) mass is 452 g/mol. The van der Waals surface area contributed by atoms with Crippen LogP contribution in [0.15, 0.2) is 48.5 Å². The second-order valence-electron chi connectivity index (χ2n) is 8.31. The number of hydrogen-bond acceptors (Lipinski definition) is 3. The van der Waals surface area contributed by atoms with Gasteiger partial charge in [0.25, 0.3) is 0 Å². The van der Waals surface area contributed by atoms with Gasteiger partial charge >= 0.3 is 0 Å². The smallest absolute Gasteiger partial charge is 0.242 e. The summed E-state index contributed by atoms with van der Waals surface area (Å²) in [4.78, 5) is 34.6. The van der Waals surface area contributed by atoms with Crippen molar-refractivity contribution in [2.24, 2.45) is 0 Å². The largest absolute Gasteiger partial charge is 0.341 e. The highest BCUT2D eigenvalue weighted by molar-refractivity contribution is 6.30. The number of aromatic nitrogens is 2. The summed E-state index contributed by atoms with van der Waals surface area (Å²) in [5, 5.41) is 0.600. The molecular formula is C25H29ClN4O2. The maximum atomic E-state index is 13.2. The van der Waals surface area contributed by atoms with Crippen LogP contribution >= 0.6 is 11.6 Å². The van der Waals surface area contributed by atoms with Crippen LogP contribution in [0.3, 0.4) is 0 Å². The molecular weight excluding hydrogens is 424 g/mol. The number of hydrogen-bond donors (Lipinski definition) is 0. The molecule has 1 aliphatic rings. The van der Waals surface area contributed by atoms with Gasteiger partial charge in [-0.05, 0) is 43.2 Å². The minimum atomic E-state index is -0.0903. The minimum Gasteiger partial charge on any atom is -0.341 e. The van der Waals surface area contributed by atoms with E-state index in [-0.39, 0.29) is 24.3 Å². The number of carbonyl (C=O) groups is 2. The zero-order valence-corrected chi connectivity index (χ0v) is 19.4. The summed E-state index contributed by atoms with van der Waals surface area (Å²) < 4.78 is 2.01. The van der Waals surface area contributed by atoms with Crippen molar-refractivity contribution in [3.63, 3.8) is 0 Å². The van der Waals surface area contributed by atoms with E-state index in [2.05, 4.69) is 13.8 Å². The molecule has 3 aromatic rings. The molecule has 0 spiro atoms. The Kier molecular flexibility index (Phi) is 6.80. The summed E-state index contributed by atoms with van der Waals surface area (Å²) in [6.07, 6.45) is 2.21. The van der Waals surface area contributed by atoms with Crippen molar-refractivity contribution in [1.82, 2.24) is 14.5 Å². The fourth-order valence-corrected chi connectivity index (χ4v) is 4.67. The lowest BCUT2D eigenvalue weighted by atomic mass is 10.1. The van der Waals surface area contributed by atoms with Crippen molar-refractivity contribution >= 4 is 40.1 Å². The third kappa shape index (κ3) is 4.51. The van der Waals surface area contributed by atoms with Crippen LogP contribution in [0.1, 0.15) is 44.9 Å². The van der Waals surface area contributed by atoms with E-state index in [9.17, 15) is 9.59 Å². The Hall–Kier alpha value is -2.86. The number of para-hydroxylation sites is 2. The molecule has 0 bridgehead atoms. The van der Waals surface area contributed by atoms with Crippen molar-refractivity contribution in [1.29, 1.82) is 0 Å². The summed E-state index contributed by atoms with van der Waals surface area (Å²) in [5.74, 6) is 0.841. The van der Waals surface area contributed by atoms with E-state index in [1.54, 1.807) is 11.0 Å². The van der Waals surface area contributed by atoms with E-state index in [1.165, 1.54) is 0 Å². The lowest BCUT2D eigenvalue weighted by Gasteiger charge is -2.23. The Labute approximate surface area is 193 Å². The number of rotatable bonds is 8. The highest BCUT2D eigenvalue weighted by Crippen LogP contribution is 2.34. The number of carbonyl (C=O) groups excluding carboxylic acids is 2. The first-order valence-electron chi connectivity index (χ1n) is 11.3. The average Bonchev–Trinajstić information content (AvgIpc) is 3.34. The molecule has 0 aliphatic carbocycles. The van der Waals surface area contributed by atoms with Crippen molar-refractivity contribution < 1.29 is 9.59 Å². The summed E-state index contributed by atoms with van der Waals surface area (Å²) in [7, 11) is 0. The molecule has 7 heteroatoms. The van der Waals surface area contributed by atoms with E-state index >= 15 is 0 Å². The van der Waals surface area contributed by atoms with E-state index in [0.29, 0.717) is 18.0 Å². The second kappa shape index (κ2) is 9.74. The first-order chi connectivity index (χ1) is 15.5. The van der Waals surface area contributed by atoms with Gasteiger partial charge in [-0.25, -0.2) is 4.98 Å². The normalized spacial score (nSPS) is 16.2. The van der Waals surface area contributed by atoms with Crippen molar-refractivity contribution in [2.75, 3.05) is 24.5 Å². The third-order valence-corrected chi connectivity index (χ3v) is 6.16. The molecule has 6 nitrogen and oxygen atoms in total. The van der Waals surface area contributed by atoms with Gasteiger partial charge in [0.05, 0.1) is 11.0 Å². The molecule has 32 heavy (non-hydrogen) atoms. The molecule has 0 N–H and O–H groups in total. The van der Waals surface area contributed by atoms with Crippen LogP contribution in [0.2, 0.25) is 5.02 Å². The van der Waals surface area contributed by atoms with Crippen LogP contribution in [0.4, 0.5) is 5.69 Å². The zero-order valence-electron chi connectivity index (χ0n) is 18.6. The fraction of sp³-hybridized carbons (Fsp3) is 0.400. The van der Waals surface area contributed by atoms with Gasteiger partial charge in [-0.1, -0.05) is 43.6 Å². The molecule has 168 valence electrons. The summed E-state index contributed by atoms with van der Waals surface area (Å²) in [6.45, 7) is 6.42. The second-order valence-corrected chi connectivity index (χ2v) is 8.75. The maximum Gasteiger partial charge on any atom is 0.242 e. The van der Waals surface area contributed by atoms with Gasteiger partial charge < -0.3 is 14.4 Å². The number of amides is 2. The predicted molar refractivity (Wildman–Crippen MR) is 128 cm³/mol. The molecule has 0 saturated carbocycles. The van der Waals surface area contributed by atoms with Crippen molar-refractivity contribution in [2.45, 2.75) is 45.6 Å². The molecule has 0 radical (unpaired) electrons. The highest BCUT2D eigenvalue weighted by Gasteiger charge is 2.35. The van der Waals surface area contributed by atoms with Crippen molar-refractivity contribution in [3.8, 4) is 0 Å². The van der Waals surface area contributed by atoms with E-state index < -0.39 is 0 Å². The number of imidazole rings is 1. The molecule has 1 fully saturated rings. The SMILES string of the molecule is CCCN(CCC)C(=O)Cn1c(C2CC(=O)N(c3cccc(Cl)c3)C2)nc2ccccc21. The molecule has 1 atom stereocenters. The molecule has 1 saturated heterocycles. The van der Waals surface area contributed by atoms with Gasteiger partial charge in [-0.2, -0.15) is 0 Å². The first kappa shape index (κ1) is 22.3. The van der Waals surface area contributed by atoms with Crippen LogP contribution in [-0.2, 0) is 16.1 Å². The maximum absolute atomic E-state index is 13.2. The van der Waals surface area contributed by atoms with Crippen LogP contribution in [0.25, 0.3) is 11.0 Å². The van der Waals surface area contributed by atoms with E-state index in [1.807, 2.05) is 51.9 Å². The number of benzene rings is 2. The van der Waals surface area contributed by atoms with Gasteiger partial charge in [0.2, 0.25) is 11.8 Å². The Morgan fingerprint density at radius 3 is 2.59 bits per heavy atom. The topological polar surface area (TPSA) is 58.4 Å². The zero-order chi connectivity index (χ0) is 22.7. The molecule has 1 aliphatic heterocycles. The standard InChI is InChI=1S/C25H29ClN4O2/c1-3-12-28(13-4-2)24(32)17-30-22-11-6-5-10-21(22)27-25(30)18-14-23(31)29(16-18)20-9-7-8-19(26)15-20/h5-11,15,18H,3-4,12-14,16-17H2,1-2H3. The molecule has 1 unspecified atom stereocenters. The molecule has 2 heterocycles. The average molecular weight is 453 g/mol. The number of nitrogens with zero attached hydrogens (tertiary/aromatic N) is 4. The van der Waals surface area contributed by atoms with Gasteiger partial charge in [0.1, 0.15) is 12.4 Å². The number of halogens is 1. The predicted octanol–water partition coefficient (Wildman–Crippen LogP) is 4.86. The van der Waals surface area contributed by atoms with E-state index in [4.69, 9.17) is 16.6 Å². The summed E-state index contributed by atoms with van der Waals surface area (Å²) >= 11 is 6.14. The Balaban J connectivity index is 1.66. The molecule has 2 aromatic carbocycles. The highest BCUT2D eigenvalue weighted by atomic mass is 35.5. The van der Waals surface area contributed by atoms with Gasteiger partial charge in [0, 0.05) is 42.7 Å².